The number of carbonyl (C=O) groups excluding carboxylic acids is 2. The minimum absolute atomic E-state index is 0.0164. The van der Waals surface area contributed by atoms with Gasteiger partial charge in [0.1, 0.15) is 0 Å². The molecule has 0 bridgehead atoms. The molecule has 1 heterocycles. The third-order valence-electron chi connectivity index (χ3n) is 4.11. The van der Waals surface area contributed by atoms with E-state index >= 15 is 0 Å². The molecule has 1 aromatic heterocycles. The summed E-state index contributed by atoms with van der Waals surface area (Å²) in [5.41, 5.74) is 5.29. The highest BCUT2D eigenvalue weighted by atomic mass is 16.2. The van der Waals surface area contributed by atoms with Crippen molar-refractivity contribution in [3.63, 3.8) is 0 Å². The van der Waals surface area contributed by atoms with Crippen LogP contribution in [0, 0.1) is 13.8 Å². The average Bonchev–Trinajstić information content (AvgIpc) is 3.03. The van der Waals surface area contributed by atoms with E-state index in [1.807, 2.05) is 44.2 Å². The second-order valence-corrected chi connectivity index (χ2v) is 5.90. The van der Waals surface area contributed by atoms with Crippen LogP contribution in [0.3, 0.4) is 0 Å². The minimum atomic E-state index is -0.175. The number of amides is 1. The molecule has 0 aliphatic carbocycles. The monoisotopic (exact) mass is 321 g/mol. The molecule has 0 radical (unpaired) electrons. The van der Waals surface area contributed by atoms with E-state index < -0.39 is 0 Å². The van der Waals surface area contributed by atoms with Crippen molar-refractivity contribution < 1.29 is 9.59 Å². The maximum atomic E-state index is 12.2. The van der Waals surface area contributed by atoms with Crippen LogP contribution in [-0.4, -0.2) is 21.7 Å². The van der Waals surface area contributed by atoms with Crippen molar-refractivity contribution >= 4 is 28.4 Å². The molecule has 1 amide bonds. The van der Waals surface area contributed by atoms with Gasteiger partial charge in [0.2, 0.25) is 5.91 Å². The van der Waals surface area contributed by atoms with Crippen LogP contribution in [0.1, 0.15) is 34.3 Å². The van der Waals surface area contributed by atoms with Gasteiger partial charge in [0.15, 0.2) is 5.78 Å². The van der Waals surface area contributed by atoms with Gasteiger partial charge >= 0.3 is 0 Å². The van der Waals surface area contributed by atoms with Crippen LogP contribution < -0.4 is 5.32 Å². The number of carbonyl (C=O) groups is 2. The molecule has 5 nitrogen and oxygen atoms in total. The van der Waals surface area contributed by atoms with Crippen LogP contribution in [0.15, 0.2) is 42.7 Å². The van der Waals surface area contributed by atoms with E-state index in [-0.39, 0.29) is 24.5 Å². The second kappa shape index (κ2) is 6.66. The van der Waals surface area contributed by atoms with Gasteiger partial charge < -0.3 is 10.3 Å². The van der Waals surface area contributed by atoms with Crippen molar-refractivity contribution in [1.82, 2.24) is 9.97 Å². The van der Waals surface area contributed by atoms with E-state index in [1.165, 1.54) is 0 Å². The summed E-state index contributed by atoms with van der Waals surface area (Å²) in [7, 11) is 0. The minimum Gasteiger partial charge on any atom is -0.345 e. The fourth-order valence-electron chi connectivity index (χ4n) is 2.52. The van der Waals surface area contributed by atoms with Gasteiger partial charge in [-0.05, 0) is 49.2 Å². The molecule has 0 spiro atoms. The Morgan fingerprint density at radius 2 is 1.88 bits per heavy atom. The molecule has 3 rings (SSSR count). The number of H-pyrrole nitrogens is 1. The Hall–Kier alpha value is -2.95. The summed E-state index contributed by atoms with van der Waals surface area (Å²) in [6, 6.07) is 11.1. The van der Waals surface area contributed by atoms with Crippen molar-refractivity contribution in [3.05, 3.63) is 59.4 Å². The third kappa shape index (κ3) is 3.51. The first-order valence-electron chi connectivity index (χ1n) is 7.86. The van der Waals surface area contributed by atoms with Gasteiger partial charge in [-0.2, -0.15) is 0 Å². The first kappa shape index (κ1) is 15.9. The van der Waals surface area contributed by atoms with Crippen molar-refractivity contribution in [2.45, 2.75) is 26.7 Å². The molecule has 3 aromatic rings. The maximum absolute atomic E-state index is 12.2. The number of imidazole rings is 1. The number of hydrogen-bond acceptors (Lipinski definition) is 3. The van der Waals surface area contributed by atoms with Crippen LogP contribution in [0.25, 0.3) is 11.0 Å². The Labute approximate surface area is 140 Å². The van der Waals surface area contributed by atoms with Crippen molar-refractivity contribution in [3.8, 4) is 0 Å². The van der Waals surface area contributed by atoms with Gasteiger partial charge in [-0.15, -0.1) is 0 Å². The highest BCUT2D eigenvalue weighted by Crippen LogP contribution is 2.16. The lowest BCUT2D eigenvalue weighted by Gasteiger charge is -2.06. The van der Waals surface area contributed by atoms with Crippen LogP contribution in [0.5, 0.6) is 0 Å². The Bertz CT molecular complexity index is 912. The first-order valence-corrected chi connectivity index (χ1v) is 7.86. The Morgan fingerprint density at radius 3 is 2.67 bits per heavy atom. The Balaban J connectivity index is 1.58. The zero-order valence-electron chi connectivity index (χ0n) is 13.7. The number of nitrogens with one attached hydrogen (secondary N) is 2. The topological polar surface area (TPSA) is 74.8 Å². The summed E-state index contributed by atoms with van der Waals surface area (Å²) in [6.07, 6.45) is 1.96. The lowest BCUT2D eigenvalue weighted by Crippen LogP contribution is -2.13. The van der Waals surface area contributed by atoms with E-state index in [1.54, 1.807) is 12.4 Å². The number of hydrogen-bond donors (Lipinski definition) is 2. The third-order valence-corrected chi connectivity index (χ3v) is 4.11. The predicted molar refractivity (Wildman–Crippen MR) is 94.2 cm³/mol. The van der Waals surface area contributed by atoms with E-state index in [2.05, 4.69) is 15.3 Å². The van der Waals surface area contributed by atoms with Gasteiger partial charge in [0.25, 0.3) is 0 Å². The number of Topliss-reactive ketones (excluding diaryl/α,β-unsaturated/α-hetero) is 1. The summed E-state index contributed by atoms with van der Waals surface area (Å²) in [5, 5.41) is 2.81. The number of nitrogens with zero attached hydrogens (tertiary/aromatic N) is 1. The molecule has 2 N–H and O–H groups in total. The molecule has 0 saturated carbocycles. The number of rotatable bonds is 5. The summed E-state index contributed by atoms with van der Waals surface area (Å²) in [5.74, 6) is -0.191. The fourth-order valence-corrected chi connectivity index (χ4v) is 2.52. The summed E-state index contributed by atoms with van der Waals surface area (Å²) in [6.45, 7) is 3.98. The van der Waals surface area contributed by atoms with E-state index in [4.69, 9.17) is 0 Å². The lowest BCUT2D eigenvalue weighted by molar-refractivity contribution is -0.116. The molecular weight excluding hydrogens is 302 g/mol. The van der Waals surface area contributed by atoms with Crippen molar-refractivity contribution in [2.24, 2.45) is 0 Å². The second-order valence-electron chi connectivity index (χ2n) is 5.90. The summed E-state index contributed by atoms with van der Waals surface area (Å²) in [4.78, 5) is 31.4. The number of anilines is 1. The van der Waals surface area contributed by atoms with Gasteiger partial charge in [-0.1, -0.05) is 12.1 Å². The molecule has 0 aliphatic rings. The smallest absolute Gasteiger partial charge is 0.224 e. The first-order chi connectivity index (χ1) is 11.5. The number of benzene rings is 2. The van der Waals surface area contributed by atoms with E-state index in [0.29, 0.717) is 11.3 Å². The number of fused-ring (bicyclic) bond motifs is 1. The van der Waals surface area contributed by atoms with Crippen molar-refractivity contribution in [2.75, 3.05) is 5.32 Å². The van der Waals surface area contributed by atoms with Crippen LogP contribution in [0.2, 0.25) is 0 Å². The quantitative estimate of drug-likeness (QED) is 0.702. The molecule has 0 aliphatic heterocycles. The van der Waals surface area contributed by atoms with E-state index in [9.17, 15) is 9.59 Å². The predicted octanol–water partition coefficient (Wildman–Crippen LogP) is 3.78. The van der Waals surface area contributed by atoms with Gasteiger partial charge in [0.05, 0.1) is 17.4 Å². The molecule has 122 valence electrons. The molecule has 0 unspecified atom stereocenters. The Kier molecular flexibility index (Phi) is 4.42. The molecule has 24 heavy (non-hydrogen) atoms. The van der Waals surface area contributed by atoms with Crippen LogP contribution in [0.4, 0.5) is 5.69 Å². The number of ketones is 1. The molecular formula is C19H19N3O2. The van der Waals surface area contributed by atoms with Gasteiger partial charge in [-0.25, -0.2) is 4.98 Å². The standard InChI is InChI=1S/C19H19N3O2/c1-12-3-4-14(9-13(12)2)18(23)7-8-19(24)22-15-5-6-16-17(10-15)21-11-20-16/h3-6,9-11H,7-8H2,1-2H3,(H,20,21)(H,22,24). The maximum Gasteiger partial charge on any atom is 0.224 e. The highest BCUT2D eigenvalue weighted by Gasteiger charge is 2.11. The Morgan fingerprint density at radius 1 is 1.04 bits per heavy atom. The molecule has 0 atom stereocenters. The molecule has 0 saturated heterocycles. The largest absolute Gasteiger partial charge is 0.345 e. The van der Waals surface area contributed by atoms with Gasteiger partial charge in [-0.3, -0.25) is 9.59 Å². The fraction of sp³-hybridized carbons (Fsp3) is 0.211. The number of aromatic nitrogens is 2. The summed E-state index contributed by atoms with van der Waals surface area (Å²) < 4.78 is 0. The van der Waals surface area contributed by atoms with Crippen LogP contribution in [-0.2, 0) is 4.79 Å². The zero-order valence-corrected chi connectivity index (χ0v) is 13.7. The average molecular weight is 321 g/mol. The SMILES string of the molecule is Cc1ccc(C(=O)CCC(=O)Nc2ccc3nc[nH]c3c2)cc1C. The van der Waals surface area contributed by atoms with Crippen molar-refractivity contribution in [1.29, 1.82) is 0 Å². The van der Waals surface area contributed by atoms with Gasteiger partial charge in [0, 0.05) is 24.1 Å². The normalized spacial score (nSPS) is 10.8. The molecule has 5 heteroatoms. The number of aryl methyl sites for hydroxylation is 2. The van der Waals surface area contributed by atoms with E-state index in [0.717, 1.165) is 22.2 Å². The van der Waals surface area contributed by atoms with Crippen LogP contribution >= 0.6 is 0 Å². The number of aromatic amines is 1. The summed E-state index contributed by atoms with van der Waals surface area (Å²) >= 11 is 0. The molecule has 2 aromatic carbocycles. The highest BCUT2D eigenvalue weighted by molar-refractivity contribution is 6.00. The zero-order chi connectivity index (χ0) is 17.1. The molecule has 0 fully saturated rings. The lowest BCUT2D eigenvalue weighted by atomic mass is 10.0.